The zero-order chi connectivity index (χ0) is 21.7. The SMILES string of the molecule is C=CCOc1ccc(C(O)=C2C(=O)C(=O)N(CCOC)[C@@H]2c2cccc(F)c2)cc1. The van der Waals surface area contributed by atoms with Crippen LogP contribution >= 0.6 is 0 Å². The molecule has 0 spiro atoms. The minimum atomic E-state index is -0.924. The molecule has 0 aromatic heterocycles. The smallest absolute Gasteiger partial charge is 0.295 e. The van der Waals surface area contributed by atoms with Crippen molar-refractivity contribution < 1.29 is 28.6 Å². The van der Waals surface area contributed by atoms with Crippen molar-refractivity contribution in [3.8, 4) is 5.75 Å². The van der Waals surface area contributed by atoms with Gasteiger partial charge in [0.1, 0.15) is 23.9 Å². The van der Waals surface area contributed by atoms with Crippen molar-refractivity contribution in [2.24, 2.45) is 0 Å². The molecule has 0 unspecified atom stereocenters. The minimum Gasteiger partial charge on any atom is -0.507 e. The number of hydrogen-bond acceptors (Lipinski definition) is 5. The monoisotopic (exact) mass is 411 g/mol. The molecule has 6 nitrogen and oxygen atoms in total. The van der Waals surface area contributed by atoms with Crippen LogP contribution < -0.4 is 4.74 Å². The van der Waals surface area contributed by atoms with Crippen LogP contribution in [0.1, 0.15) is 17.2 Å². The molecule has 2 aromatic carbocycles. The van der Waals surface area contributed by atoms with Gasteiger partial charge in [0.15, 0.2) is 0 Å². The summed E-state index contributed by atoms with van der Waals surface area (Å²) in [6.45, 7) is 4.21. The largest absolute Gasteiger partial charge is 0.507 e. The van der Waals surface area contributed by atoms with Gasteiger partial charge in [-0.25, -0.2) is 4.39 Å². The fourth-order valence-electron chi connectivity index (χ4n) is 3.34. The molecule has 1 heterocycles. The topological polar surface area (TPSA) is 76.1 Å². The number of rotatable bonds is 8. The number of ether oxygens (including phenoxy) is 2. The highest BCUT2D eigenvalue weighted by atomic mass is 19.1. The highest BCUT2D eigenvalue weighted by Gasteiger charge is 2.45. The van der Waals surface area contributed by atoms with Gasteiger partial charge in [0.2, 0.25) is 0 Å². The molecule has 30 heavy (non-hydrogen) atoms. The Morgan fingerprint density at radius 3 is 2.60 bits per heavy atom. The first-order valence-electron chi connectivity index (χ1n) is 9.35. The molecule has 1 fully saturated rings. The van der Waals surface area contributed by atoms with Gasteiger partial charge in [-0.2, -0.15) is 0 Å². The van der Waals surface area contributed by atoms with Crippen LogP contribution in [0.4, 0.5) is 4.39 Å². The molecule has 0 aliphatic carbocycles. The summed E-state index contributed by atoms with van der Waals surface area (Å²) >= 11 is 0. The van der Waals surface area contributed by atoms with E-state index in [1.54, 1.807) is 36.4 Å². The Hall–Kier alpha value is -3.45. The van der Waals surface area contributed by atoms with E-state index >= 15 is 0 Å². The van der Waals surface area contributed by atoms with E-state index in [0.29, 0.717) is 23.5 Å². The van der Waals surface area contributed by atoms with Crippen molar-refractivity contribution >= 4 is 17.4 Å². The fourth-order valence-corrected chi connectivity index (χ4v) is 3.34. The average Bonchev–Trinajstić information content (AvgIpc) is 3.01. The molecule has 0 radical (unpaired) electrons. The summed E-state index contributed by atoms with van der Waals surface area (Å²) in [5.41, 5.74) is 0.631. The van der Waals surface area contributed by atoms with E-state index in [1.807, 2.05) is 0 Å². The molecular weight excluding hydrogens is 389 g/mol. The first-order valence-corrected chi connectivity index (χ1v) is 9.35. The third-order valence-electron chi connectivity index (χ3n) is 4.74. The van der Waals surface area contributed by atoms with Gasteiger partial charge in [-0.15, -0.1) is 0 Å². The Labute approximate surface area is 173 Å². The van der Waals surface area contributed by atoms with Crippen LogP contribution in [0.3, 0.4) is 0 Å². The highest BCUT2D eigenvalue weighted by molar-refractivity contribution is 6.46. The second-order valence-corrected chi connectivity index (χ2v) is 6.66. The average molecular weight is 411 g/mol. The predicted molar refractivity (Wildman–Crippen MR) is 109 cm³/mol. The lowest BCUT2D eigenvalue weighted by atomic mass is 9.95. The second kappa shape index (κ2) is 9.37. The van der Waals surface area contributed by atoms with E-state index < -0.39 is 23.5 Å². The van der Waals surface area contributed by atoms with Crippen molar-refractivity contribution in [2.75, 3.05) is 26.9 Å². The number of nitrogens with zero attached hydrogens (tertiary/aromatic N) is 1. The number of hydrogen-bond donors (Lipinski definition) is 1. The van der Waals surface area contributed by atoms with Crippen molar-refractivity contribution in [1.29, 1.82) is 0 Å². The Morgan fingerprint density at radius 2 is 1.97 bits per heavy atom. The summed E-state index contributed by atoms with van der Waals surface area (Å²) in [6.07, 6.45) is 1.61. The number of Topliss-reactive ketones (excluding diaryl/α,β-unsaturated/α-hetero) is 1. The highest BCUT2D eigenvalue weighted by Crippen LogP contribution is 2.39. The van der Waals surface area contributed by atoms with Crippen LogP contribution in [-0.2, 0) is 14.3 Å². The number of ketones is 1. The van der Waals surface area contributed by atoms with E-state index in [9.17, 15) is 19.1 Å². The normalized spacial score (nSPS) is 17.9. The van der Waals surface area contributed by atoms with Gasteiger partial charge in [-0.1, -0.05) is 24.8 Å². The molecule has 0 bridgehead atoms. The third kappa shape index (κ3) is 4.26. The lowest BCUT2D eigenvalue weighted by Crippen LogP contribution is -2.32. The zero-order valence-corrected chi connectivity index (χ0v) is 16.5. The first kappa shape index (κ1) is 21.3. The molecule has 7 heteroatoms. The minimum absolute atomic E-state index is 0.0959. The fraction of sp³-hybridized carbons (Fsp3) is 0.217. The van der Waals surface area contributed by atoms with Crippen molar-refractivity contribution in [2.45, 2.75) is 6.04 Å². The summed E-state index contributed by atoms with van der Waals surface area (Å²) in [4.78, 5) is 26.7. The van der Waals surface area contributed by atoms with Gasteiger partial charge in [-0.3, -0.25) is 9.59 Å². The number of methoxy groups -OCH3 is 1. The van der Waals surface area contributed by atoms with E-state index in [-0.39, 0.29) is 24.5 Å². The molecule has 1 aliphatic rings. The molecule has 156 valence electrons. The summed E-state index contributed by atoms with van der Waals surface area (Å²) in [5.74, 6) is -1.88. The quantitative estimate of drug-likeness (QED) is 0.312. The third-order valence-corrected chi connectivity index (χ3v) is 4.74. The molecule has 1 saturated heterocycles. The Bertz CT molecular complexity index is 983. The lowest BCUT2D eigenvalue weighted by molar-refractivity contribution is -0.140. The van der Waals surface area contributed by atoms with E-state index in [1.165, 1.54) is 30.2 Å². The van der Waals surface area contributed by atoms with E-state index in [2.05, 4.69) is 6.58 Å². The maximum absolute atomic E-state index is 13.9. The molecular formula is C23H22FNO5. The van der Waals surface area contributed by atoms with E-state index in [4.69, 9.17) is 9.47 Å². The number of aliphatic hydroxyl groups is 1. The summed E-state index contributed by atoms with van der Waals surface area (Å²) in [7, 11) is 1.48. The summed E-state index contributed by atoms with van der Waals surface area (Å²) < 4.78 is 24.3. The Balaban J connectivity index is 2.07. The van der Waals surface area contributed by atoms with Gasteiger partial charge < -0.3 is 19.5 Å². The van der Waals surface area contributed by atoms with Crippen LogP contribution in [0.15, 0.2) is 66.8 Å². The number of amides is 1. The summed E-state index contributed by atoms with van der Waals surface area (Å²) in [6, 6.07) is 11.1. The molecule has 2 aromatic rings. The van der Waals surface area contributed by atoms with Crippen molar-refractivity contribution in [3.05, 3.63) is 83.7 Å². The number of benzene rings is 2. The van der Waals surface area contributed by atoms with Crippen molar-refractivity contribution in [1.82, 2.24) is 4.90 Å². The van der Waals surface area contributed by atoms with Crippen LogP contribution in [0.25, 0.3) is 5.76 Å². The van der Waals surface area contributed by atoms with Crippen LogP contribution in [0.2, 0.25) is 0 Å². The Morgan fingerprint density at radius 1 is 1.23 bits per heavy atom. The number of aliphatic hydroxyl groups excluding tert-OH is 1. The van der Waals surface area contributed by atoms with Gasteiger partial charge in [0.25, 0.3) is 11.7 Å². The van der Waals surface area contributed by atoms with Gasteiger partial charge in [0, 0.05) is 19.2 Å². The van der Waals surface area contributed by atoms with Gasteiger partial charge >= 0.3 is 0 Å². The number of carbonyl (C=O) groups is 2. The van der Waals surface area contributed by atoms with Crippen LogP contribution in [-0.4, -0.2) is 48.6 Å². The molecule has 1 atom stereocenters. The number of carbonyl (C=O) groups excluding carboxylic acids is 2. The molecule has 1 N–H and O–H groups in total. The first-order chi connectivity index (χ1) is 14.5. The van der Waals surface area contributed by atoms with Crippen LogP contribution in [0, 0.1) is 5.82 Å². The number of halogens is 1. The van der Waals surface area contributed by atoms with Gasteiger partial charge in [-0.05, 0) is 42.0 Å². The maximum atomic E-state index is 13.9. The zero-order valence-electron chi connectivity index (χ0n) is 16.5. The number of likely N-dealkylation sites (tertiary alicyclic amines) is 1. The molecule has 3 rings (SSSR count). The summed E-state index contributed by atoms with van der Waals surface area (Å²) in [5, 5.41) is 10.9. The van der Waals surface area contributed by atoms with Gasteiger partial charge in [0.05, 0.1) is 18.2 Å². The molecule has 1 aliphatic heterocycles. The standard InChI is InChI=1S/C23H22FNO5/c1-3-12-30-18-9-7-15(8-10-18)21(26)19-20(16-5-4-6-17(24)14-16)25(11-13-29-2)23(28)22(19)27/h3-10,14,20,26H,1,11-13H2,2H3/t20-/m1/s1. The Kier molecular flexibility index (Phi) is 6.64. The lowest BCUT2D eigenvalue weighted by Gasteiger charge is -2.25. The van der Waals surface area contributed by atoms with Crippen molar-refractivity contribution in [3.63, 3.8) is 0 Å². The van der Waals surface area contributed by atoms with E-state index in [0.717, 1.165) is 0 Å². The predicted octanol–water partition coefficient (Wildman–Crippen LogP) is 3.46. The maximum Gasteiger partial charge on any atom is 0.295 e. The molecule has 1 amide bonds. The second-order valence-electron chi connectivity index (χ2n) is 6.66. The van der Waals surface area contributed by atoms with Crippen LogP contribution in [0.5, 0.6) is 5.75 Å². The molecule has 0 saturated carbocycles.